The normalized spacial score (nSPS) is 13.3. The van der Waals surface area contributed by atoms with Crippen LogP contribution in [0.25, 0.3) is 0 Å². The molecule has 94 valence electrons. The van der Waals surface area contributed by atoms with Crippen LogP contribution in [0.3, 0.4) is 0 Å². The lowest BCUT2D eigenvalue weighted by atomic mass is 10.1. The van der Waals surface area contributed by atoms with Crippen LogP contribution in [0.15, 0.2) is 0 Å². The Labute approximate surface area is 99.7 Å². The van der Waals surface area contributed by atoms with Crippen LogP contribution < -0.4 is 0 Å². The quantitative estimate of drug-likeness (QED) is 0.357. The molecule has 0 fully saturated rings. The second kappa shape index (κ2) is 8.60. The van der Waals surface area contributed by atoms with Crippen LogP contribution in [0, 0.1) is 12.3 Å². The maximum atomic E-state index is 10.9. The zero-order chi connectivity index (χ0) is 12.4. The van der Waals surface area contributed by atoms with Gasteiger partial charge in [-0.05, 0) is 12.8 Å². The maximum Gasteiger partial charge on any atom is 0.265 e. The van der Waals surface area contributed by atoms with Crippen LogP contribution in [-0.2, 0) is 14.3 Å². The van der Waals surface area contributed by atoms with Gasteiger partial charge in [0, 0.05) is 0 Å². The summed E-state index contributed by atoms with van der Waals surface area (Å²) in [5, 5.41) is 0. The number of hydrogen-bond donors (Lipinski definition) is 0. The van der Waals surface area contributed by atoms with E-state index in [4.69, 9.17) is 10.6 Å². The molecule has 0 amide bonds. The average molecular weight is 246 g/mol. The van der Waals surface area contributed by atoms with E-state index in [1.807, 2.05) is 0 Å². The number of rotatable bonds is 9. The predicted octanol–water partition coefficient (Wildman–Crippen LogP) is 2.72. The fourth-order valence-electron chi connectivity index (χ4n) is 1.48. The van der Waals surface area contributed by atoms with Crippen LogP contribution in [0.4, 0.5) is 0 Å². The molecule has 16 heavy (non-hydrogen) atoms. The first-order valence-corrected chi connectivity index (χ1v) is 7.65. The summed E-state index contributed by atoms with van der Waals surface area (Å²) in [6.45, 7) is 2.17. The van der Waals surface area contributed by atoms with Crippen molar-refractivity contribution in [2.45, 2.75) is 58.0 Å². The molecule has 0 saturated heterocycles. The summed E-state index contributed by atoms with van der Waals surface area (Å²) in [6, 6.07) is 0. The molecule has 0 rings (SSSR count). The summed E-state index contributed by atoms with van der Waals surface area (Å²) >= 11 is 0. The molecule has 0 heterocycles. The molecule has 1 atom stereocenters. The zero-order valence-corrected chi connectivity index (χ0v) is 11.1. The van der Waals surface area contributed by atoms with Crippen molar-refractivity contribution in [1.82, 2.24) is 0 Å². The molecular formula is C12H22O3S. The van der Waals surface area contributed by atoms with E-state index in [-0.39, 0.29) is 0 Å². The summed E-state index contributed by atoms with van der Waals surface area (Å²) in [7, 11) is -3.43. The Balaban J connectivity index is 3.62. The molecule has 4 heteroatoms. The second-order valence-electron chi connectivity index (χ2n) is 4.01. The molecule has 0 saturated carbocycles. The topological polar surface area (TPSA) is 43.4 Å². The Morgan fingerprint density at radius 3 is 2.25 bits per heavy atom. The largest absolute Gasteiger partial charge is 0.265 e. The monoisotopic (exact) mass is 246 g/mol. The van der Waals surface area contributed by atoms with Gasteiger partial charge in [0.05, 0.1) is 6.26 Å². The highest BCUT2D eigenvalue weighted by Crippen LogP contribution is 2.11. The predicted molar refractivity (Wildman–Crippen MR) is 66.5 cm³/mol. The van der Waals surface area contributed by atoms with Gasteiger partial charge in [-0.15, -0.1) is 6.42 Å². The molecule has 0 spiro atoms. The molecule has 0 aromatic carbocycles. The molecule has 0 radical (unpaired) electrons. The van der Waals surface area contributed by atoms with Gasteiger partial charge in [0.25, 0.3) is 10.1 Å². The minimum Gasteiger partial charge on any atom is -0.254 e. The van der Waals surface area contributed by atoms with Crippen molar-refractivity contribution in [2.24, 2.45) is 0 Å². The van der Waals surface area contributed by atoms with E-state index in [9.17, 15) is 8.42 Å². The second-order valence-corrected chi connectivity index (χ2v) is 5.61. The van der Waals surface area contributed by atoms with E-state index in [1.54, 1.807) is 0 Å². The third-order valence-electron chi connectivity index (χ3n) is 2.30. The molecule has 0 aromatic rings. The summed E-state index contributed by atoms with van der Waals surface area (Å²) < 4.78 is 26.5. The van der Waals surface area contributed by atoms with Crippen LogP contribution >= 0.6 is 0 Å². The van der Waals surface area contributed by atoms with E-state index >= 15 is 0 Å². The van der Waals surface area contributed by atoms with Crippen LogP contribution in [0.2, 0.25) is 0 Å². The van der Waals surface area contributed by atoms with Gasteiger partial charge in [-0.25, -0.2) is 0 Å². The first-order chi connectivity index (χ1) is 7.49. The van der Waals surface area contributed by atoms with Crippen LogP contribution in [-0.4, -0.2) is 20.8 Å². The van der Waals surface area contributed by atoms with Crippen molar-refractivity contribution in [3.63, 3.8) is 0 Å². The lowest BCUT2D eigenvalue weighted by Crippen LogP contribution is -2.15. The summed E-state index contributed by atoms with van der Waals surface area (Å²) in [6.07, 6.45) is 13.2. The van der Waals surface area contributed by atoms with E-state index in [2.05, 4.69) is 12.8 Å². The summed E-state index contributed by atoms with van der Waals surface area (Å²) in [4.78, 5) is 0. The molecule has 0 aromatic heterocycles. The van der Waals surface area contributed by atoms with Crippen molar-refractivity contribution in [1.29, 1.82) is 0 Å². The van der Waals surface area contributed by atoms with E-state index in [0.29, 0.717) is 6.42 Å². The van der Waals surface area contributed by atoms with Gasteiger partial charge >= 0.3 is 0 Å². The van der Waals surface area contributed by atoms with Crippen molar-refractivity contribution in [3.05, 3.63) is 0 Å². The third-order valence-corrected chi connectivity index (χ3v) is 2.88. The molecule has 3 nitrogen and oxygen atoms in total. The molecule has 0 aliphatic rings. The molecule has 0 unspecified atom stereocenters. The van der Waals surface area contributed by atoms with Crippen molar-refractivity contribution >= 4 is 10.1 Å². The molecule has 0 N–H and O–H groups in total. The maximum absolute atomic E-state index is 10.9. The Hall–Kier alpha value is -0.530. The Morgan fingerprint density at radius 1 is 1.19 bits per heavy atom. The van der Waals surface area contributed by atoms with Gasteiger partial charge in [0.1, 0.15) is 6.10 Å². The smallest absolute Gasteiger partial charge is 0.254 e. The van der Waals surface area contributed by atoms with Gasteiger partial charge in [0.15, 0.2) is 0 Å². The summed E-state index contributed by atoms with van der Waals surface area (Å²) in [5.74, 6) is 2.36. The highest BCUT2D eigenvalue weighted by molar-refractivity contribution is 7.86. The van der Waals surface area contributed by atoms with Crippen molar-refractivity contribution in [2.75, 3.05) is 6.26 Å². The average Bonchev–Trinajstić information content (AvgIpc) is 2.19. The Morgan fingerprint density at radius 2 is 1.75 bits per heavy atom. The van der Waals surface area contributed by atoms with Crippen molar-refractivity contribution < 1.29 is 12.6 Å². The fraction of sp³-hybridized carbons (Fsp3) is 0.833. The fourth-order valence-corrected chi connectivity index (χ4v) is 2.05. The molecular weight excluding hydrogens is 224 g/mol. The highest BCUT2D eigenvalue weighted by Gasteiger charge is 2.11. The molecule has 0 bridgehead atoms. The summed E-state index contributed by atoms with van der Waals surface area (Å²) in [5.41, 5.74) is 0. The minimum absolute atomic E-state index is 0.596. The van der Waals surface area contributed by atoms with E-state index < -0.39 is 16.2 Å². The number of terminal acetylenes is 1. The zero-order valence-electron chi connectivity index (χ0n) is 10.2. The number of hydrogen-bond acceptors (Lipinski definition) is 3. The standard InChI is InChI=1S/C12H22O3S/c1-4-6-7-8-9-10-11-12(5-2)15-16(3,13)14/h2,12H,4,6-11H2,1,3H3/t12-/m1/s1. The van der Waals surface area contributed by atoms with Crippen LogP contribution in [0.5, 0.6) is 0 Å². The number of unbranched alkanes of at least 4 members (excludes halogenated alkanes) is 5. The third kappa shape index (κ3) is 10.0. The SMILES string of the molecule is C#C[C@H](CCCCCCCC)OS(C)(=O)=O. The first-order valence-electron chi connectivity index (χ1n) is 5.84. The minimum atomic E-state index is -3.43. The lowest BCUT2D eigenvalue weighted by Gasteiger charge is -2.09. The lowest BCUT2D eigenvalue weighted by molar-refractivity contribution is 0.251. The van der Waals surface area contributed by atoms with Gasteiger partial charge in [-0.1, -0.05) is 44.9 Å². The van der Waals surface area contributed by atoms with Gasteiger partial charge in [0.2, 0.25) is 0 Å². The highest BCUT2D eigenvalue weighted by atomic mass is 32.2. The Kier molecular flexibility index (Phi) is 8.32. The molecule has 0 aliphatic carbocycles. The Bertz CT molecular complexity index is 301. The van der Waals surface area contributed by atoms with Gasteiger partial charge in [-0.3, -0.25) is 4.18 Å². The van der Waals surface area contributed by atoms with Gasteiger partial charge < -0.3 is 0 Å². The van der Waals surface area contributed by atoms with Crippen molar-refractivity contribution in [3.8, 4) is 12.3 Å². The van der Waals surface area contributed by atoms with E-state index in [1.165, 1.54) is 25.7 Å². The van der Waals surface area contributed by atoms with Gasteiger partial charge in [-0.2, -0.15) is 8.42 Å². The first kappa shape index (κ1) is 15.5. The molecule has 0 aliphatic heterocycles. The van der Waals surface area contributed by atoms with Crippen LogP contribution in [0.1, 0.15) is 51.9 Å². The van der Waals surface area contributed by atoms with E-state index in [0.717, 1.165) is 19.1 Å².